The predicted molar refractivity (Wildman–Crippen MR) is 118 cm³/mol. The second kappa shape index (κ2) is 16.8. The first-order chi connectivity index (χ1) is 15.0. The van der Waals surface area contributed by atoms with Gasteiger partial charge in [-0.2, -0.15) is 0 Å². The number of ether oxygens (including phenoxy) is 2. The fourth-order valence-electron chi connectivity index (χ4n) is 3.43. The van der Waals surface area contributed by atoms with E-state index in [0.717, 1.165) is 32.1 Å². The molecule has 0 aliphatic carbocycles. The first-order valence-corrected chi connectivity index (χ1v) is 11.8. The molecule has 0 fully saturated rings. The predicted octanol–water partition coefficient (Wildman–Crippen LogP) is 4.62. The number of rotatable bonds is 18. The standard InChI is InChI=1S/C24H40O7/c1-2-3-4-5-6-7-8-9-10-11-12-13-14-15-16-17-20(27)30-23-21(28)24(29)31-22(23)19(26)18-25/h9-10,19,22,25-26,28H,2-8,11-18H2,1H3/b10-9+/t19-,22+/m0/s1. The molecule has 0 aromatic carbocycles. The zero-order chi connectivity index (χ0) is 22.9. The Hall–Kier alpha value is -1.86. The minimum atomic E-state index is -1.46. The Kier molecular flexibility index (Phi) is 14.7. The summed E-state index contributed by atoms with van der Waals surface area (Å²) in [7, 11) is 0. The first kappa shape index (κ1) is 27.2. The van der Waals surface area contributed by atoms with Crippen molar-refractivity contribution in [1.29, 1.82) is 0 Å². The van der Waals surface area contributed by atoms with Gasteiger partial charge in [0.25, 0.3) is 0 Å². The van der Waals surface area contributed by atoms with Crippen LogP contribution in [0.3, 0.4) is 0 Å². The third-order valence-electron chi connectivity index (χ3n) is 5.32. The Morgan fingerprint density at radius 3 is 2.13 bits per heavy atom. The van der Waals surface area contributed by atoms with Crippen molar-refractivity contribution in [3.8, 4) is 0 Å². The average molecular weight is 441 g/mol. The van der Waals surface area contributed by atoms with Crippen LogP contribution in [0.15, 0.2) is 23.7 Å². The van der Waals surface area contributed by atoms with Crippen molar-refractivity contribution in [3.63, 3.8) is 0 Å². The zero-order valence-electron chi connectivity index (χ0n) is 18.9. The van der Waals surface area contributed by atoms with E-state index in [-0.39, 0.29) is 6.42 Å². The third-order valence-corrected chi connectivity index (χ3v) is 5.32. The summed E-state index contributed by atoms with van der Waals surface area (Å²) in [6, 6.07) is 0. The monoisotopic (exact) mass is 440 g/mol. The number of allylic oxidation sites excluding steroid dienone is 2. The Balaban J connectivity index is 2.05. The Morgan fingerprint density at radius 1 is 1.00 bits per heavy atom. The number of unbranched alkanes of at least 4 members (excludes halogenated alkanes) is 11. The molecule has 0 saturated heterocycles. The van der Waals surface area contributed by atoms with Gasteiger partial charge in [0.1, 0.15) is 6.10 Å². The molecule has 1 aliphatic rings. The van der Waals surface area contributed by atoms with Crippen LogP contribution >= 0.6 is 0 Å². The molecule has 0 radical (unpaired) electrons. The summed E-state index contributed by atoms with van der Waals surface area (Å²) in [5.41, 5.74) is 0. The van der Waals surface area contributed by atoms with E-state index >= 15 is 0 Å². The van der Waals surface area contributed by atoms with E-state index in [2.05, 4.69) is 19.1 Å². The molecule has 0 unspecified atom stereocenters. The summed E-state index contributed by atoms with van der Waals surface area (Å²) >= 11 is 0. The first-order valence-electron chi connectivity index (χ1n) is 11.8. The number of hydrogen-bond donors (Lipinski definition) is 3. The van der Waals surface area contributed by atoms with Gasteiger partial charge in [-0.3, -0.25) is 4.79 Å². The third kappa shape index (κ3) is 11.4. The molecule has 0 saturated carbocycles. The summed E-state index contributed by atoms with van der Waals surface area (Å²) in [5.74, 6) is -2.95. The van der Waals surface area contributed by atoms with Gasteiger partial charge < -0.3 is 24.8 Å². The number of aliphatic hydroxyl groups is 3. The highest BCUT2D eigenvalue weighted by Gasteiger charge is 2.41. The van der Waals surface area contributed by atoms with Crippen molar-refractivity contribution in [2.24, 2.45) is 0 Å². The molecule has 0 aromatic rings. The molecule has 0 amide bonds. The second-order valence-corrected chi connectivity index (χ2v) is 8.10. The lowest BCUT2D eigenvalue weighted by molar-refractivity contribution is -0.151. The maximum absolute atomic E-state index is 12.0. The molecule has 1 heterocycles. The lowest BCUT2D eigenvalue weighted by Gasteiger charge is -2.17. The van der Waals surface area contributed by atoms with Crippen LogP contribution in [-0.2, 0) is 19.1 Å². The maximum Gasteiger partial charge on any atom is 0.378 e. The van der Waals surface area contributed by atoms with E-state index in [4.69, 9.17) is 14.6 Å². The smallest absolute Gasteiger partial charge is 0.378 e. The number of aliphatic hydroxyl groups excluding tert-OH is 3. The number of esters is 2. The molecule has 0 spiro atoms. The molecule has 178 valence electrons. The van der Waals surface area contributed by atoms with Crippen molar-refractivity contribution in [1.82, 2.24) is 0 Å². The lowest BCUT2D eigenvalue weighted by Crippen LogP contribution is -2.33. The molecule has 0 aromatic heterocycles. The largest absolute Gasteiger partial charge is 0.499 e. The Bertz CT molecular complexity index is 582. The minimum Gasteiger partial charge on any atom is -0.499 e. The van der Waals surface area contributed by atoms with Crippen LogP contribution in [0.4, 0.5) is 0 Å². The van der Waals surface area contributed by atoms with Crippen molar-refractivity contribution in [2.45, 2.75) is 109 Å². The Labute approximate surface area is 186 Å². The highest BCUT2D eigenvalue weighted by Crippen LogP contribution is 2.25. The van der Waals surface area contributed by atoms with Crippen molar-refractivity contribution in [2.75, 3.05) is 6.61 Å². The molecule has 3 N–H and O–H groups in total. The molecule has 2 atom stereocenters. The van der Waals surface area contributed by atoms with Gasteiger partial charge in [-0.05, 0) is 32.1 Å². The number of hydrogen-bond acceptors (Lipinski definition) is 7. The zero-order valence-corrected chi connectivity index (χ0v) is 18.9. The Morgan fingerprint density at radius 2 is 1.55 bits per heavy atom. The maximum atomic E-state index is 12.0. The van der Waals surface area contributed by atoms with Gasteiger partial charge in [0, 0.05) is 6.42 Å². The summed E-state index contributed by atoms with van der Waals surface area (Å²) < 4.78 is 9.73. The van der Waals surface area contributed by atoms with Crippen LogP contribution in [0.2, 0.25) is 0 Å². The van der Waals surface area contributed by atoms with Crippen molar-refractivity contribution < 1.29 is 34.4 Å². The van der Waals surface area contributed by atoms with Crippen LogP contribution in [0.1, 0.15) is 96.8 Å². The van der Waals surface area contributed by atoms with E-state index in [0.29, 0.717) is 6.42 Å². The molecule has 0 bridgehead atoms. The molecule has 31 heavy (non-hydrogen) atoms. The van der Waals surface area contributed by atoms with E-state index in [9.17, 15) is 19.8 Å². The molecule has 1 rings (SSSR count). The fourth-order valence-corrected chi connectivity index (χ4v) is 3.43. The fraction of sp³-hybridized carbons (Fsp3) is 0.750. The highest BCUT2D eigenvalue weighted by molar-refractivity contribution is 5.90. The summed E-state index contributed by atoms with van der Waals surface area (Å²) in [6.45, 7) is 1.54. The van der Waals surface area contributed by atoms with Gasteiger partial charge in [0.2, 0.25) is 11.5 Å². The quantitative estimate of drug-likeness (QED) is 0.162. The average Bonchev–Trinajstić information content (AvgIpc) is 3.04. The van der Waals surface area contributed by atoms with Crippen LogP contribution in [0, 0.1) is 0 Å². The minimum absolute atomic E-state index is 0.144. The van der Waals surface area contributed by atoms with E-state index in [1.807, 2.05) is 0 Å². The number of carbonyl (C=O) groups excluding carboxylic acids is 2. The van der Waals surface area contributed by atoms with Gasteiger partial charge in [0.15, 0.2) is 6.10 Å². The normalized spacial score (nSPS) is 17.4. The highest BCUT2D eigenvalue weighted by atomic mass is 16.6. The van der Waals surface area contributed by atoms with Crippen LogP contribution in [0.25, 0.3) is 0 Å². The van der Waals surface area contributed by atoms with Gasteiger partial charge >= 0.3 is 11.9 Å². The molecular weight excluding hydrogens is 400 g/mol. The molecule has 1 aliphatic heterocycles. The van der Waals surface area contributed by atoms with Crippen LogP contribution in [0.5, 0.6) is 0 Å². The molecule has 7 heteroatoms. The lowest BCUT2D eigenvalue weighted by atomic mass is 10.1. The molecular formula is C24H40O7. The summed E-state index contributed by atoms with van der Waals surface area (Å²) in [5, 5.41) is 28.3. The van der Waals surface area contributed by atoms with Crippen LogP contribution < -0.4 is 0 Å². The number of cyclic esters (lactones) is 1. The molecule has 7 nitrogen and oxygen atoms in total. The SMILES string of the molecule is CCCCCCCC/C=C/CCCCCCCC(=O)OC1=C(O)C(=O)O[C@@H]1[C@@H](O)CO. The second-order valence-electron chi connectivity index (χ2n) is 8.10. The van der Waals surface area contributed by atoms with Crippen LogP contribution in [-0.4, -0.2) is 46.1 Å². The van der Waals surface area contributed by atoms with E-state index < -0.39 is 42.3 Å². The van der Waals surface area contributed by atoms with Crippen molar-refractivity contribution >= 4 is 11.9 Å². The van der Waals surface area contributed by atoms with Gasteiger partial charge in [-0.1, -0.05) is 70.4 Å². The summed E-state index contributed by atoms with van der Waals surface area (Å²) in [6.07, 6.45) is 16.9. The topological polar surface area (TPSA) is 113 Å². The van der Waals surface area contributed by atoms with Gasteiger partial charge in [-0.15, -0.1) is 0 Å². The van der Waals surface area contributed by atoms with Crippen molar-refractivity contribution in [3.05, 3.63) is 23.7 Å². The summed E-state index contributed by atoms with van der Waals surface area (Å²) in [4.78, 5) is 23.3. The van der Waals surface area contributed by atoms with E-state index in [1.165, 1.54) is 44.9 Å². The van der Waals surface area contributed by atoms with E-state index in [1.54, 1.807) is 0 Å². The van der Waals surface area contributed by atoms with Gasteiger partial charge in [0.05, 0.1) is 6.61 Å². The van der Waals surface area contributed by atoms with Gasteiger partial charge in [-0.25, -0.2) is 4.79 Å². The number of carbonyl (C=O) groups is 2.